The fraction of sp³-hybridized carbons (Fsp3) is 0.0714. The molecule has 0 unspecified atom stereocenters. The number of hydrogen-bond donors (Lipinski definition) is 0. The van der Waals surface area contributed by atoms with E-state index in [0.717, 1.165) is 12.1 Å². The van der Waals surface area contributed by atoms with Crippen LogP contribution in [0.2, 0.25) is 0 Å². The van der Waals surface area contributed by atoms with E-state index in [-0.39, 0.29) is 5.75 Å². The summed E-state index contributed by atoms with van der Waals surface area (Å²) < 4.78 is 56.3. The van der Waals surface area contributed by atoms with E-state index in [4.69, 9.17) is 4.74 Å². The largest absolute Gasteiger partial charge is 0.457 e. The smallest absolute Gasteiger partial charge is 0.420 e. The molecule has 0 N–H and O–H groups in total. The molecule has 20 heavy (non-hydrogen) atoms. The van der Waals surface area contributed by atoms with Crippen molar-refractivity contribution in [2.75, 3.05) is 0 Å². The van der Waals surface area contributed by atoms with Crippen molar-refractivity contribution in [3.8, 4) is 11.5 Å². The number of halogens is 4. The van der Waals surface area contributed by atoms with Crippen LogP contribution in [0.3, 0.4) is 0 Å². The Kier molecular flexibility index (Phi) is 3.74. The summed E-state index contributed by atoms with van der Waals surface area (Å²) in [5.74, 6) is -1.38. The SMILES string of the molecule is O=Cc1ccc(Oc2ccc(F)cc2C(F)(F)F)cc1. The first-order valence-electron chi connectivity index (χ1n) is 5.50. The highest BCUT2D eigenvalue weighted by atomic mass is 19.4. The molecule has 0 heterocycles. The van der Waals surface area contributed by atoms with Crippen molar-refractivity contribution in [2.24, 2.45) is 0 Å². The summed E-state index contributed by atoms with van der Waals surface area (Å²) >= 11 is 0. The van der Waals surface area contributed by atoms with Gasteiger partial charge in [-0.3, -0.25) is 4.79 Å². The molecule has 0 amide bonds. The molecule has 0 aromatic heterocycles. The third kappa shape index (κ3) is 3.14. The summed E-state index contributed by atoms with van der Waals surface area (Å²) in [7, 11) is 0. The topological polar surface area (TPSA) is 26.3 Å². The maximum atomic E-state index is 12.9. The number of alkyl halides is 3. The summed E-state index contributed by atoms with van der Waals surface area (Å²) in [4.78, 5) is 10.5. The highest BCUT2D eigenvalue weighted by molar-refractivity contribution is 5.74. The molecule has 2 aromatic rings. The Balaban J connectivity index is 2.35. The zero-order valence-corrected chi connectivity index (χ0v) is 9.95. The second-order valence-electron chi connectivity index (χ2n) is 3.93. The Morgan fingerprint density at radius 3 is 2.20 bits per heavy atom. The standard InChI is InChI=1S/C14H8F4O2/c15-10-3-6-13(12(7-10)14(16,17)18)20-11-4-1-9(8-19)2-5-11/h1-8H. The van der Waals surface area contributed by atoms with Crippen LogP contribution in [0, 0.1) is 5.82 Å². The van der Waals surface area contributed by atoms with Gasteiger partial charge in [-0.2, -0.15) is 13.2 Å². The minimum Gasteiger partial charge on any atom is -0.457 e. The number of aldehydes is 1. The van der Waals surface area contributed by atoms with Gasteiger partial charge < -0.3 is 4.74 Å². The van der Waals surface area contributed by atoms with Crippen molar-refractivity contribution in [1.82, 2.24) is 0 Å². The van der Waals surface area contributed by atoms with Crippen LogP contribution < -0.4 is 4.74 Å². The van der Waals surface area contributed by atoms with Gasteiger partial charge in [-0.25, -0.2) is 4.39 Å². The molecule has 2 aromatic carbocycles. The van der Waals surface area contributed by atoms with Crippen molar-refractivity contribution < 1.29 is 27.1 Å². The van der Waals surface area contributed by atoms with E-state index < -0.39 is 23.3 Å². The molecule has 2 nitrogen and oxygen atoms in total. The molecule has 0 aliphatic carbocycles. The normalized spacial score (nSPS) is 11.2. The van der Waals surface area contributed by atoms with Gasteiger partial charge in [0.05, 0.1) is 0 Å². The molecule has 0 atom stereocenters. The summed E-state index contributed by atoms with van der Waals surface area (Å²) in [6.45, 7) is 0. The van der Waals surface area contributed by atoms with Crippen LogP contribution in [0.4, 0.5) is 17.6 Å². The van der Waals surface area contributed by atoms with Gasteiger partial charge in [-0.15, -0.1) is 0 Å². The number of carbonyl (C=O) groups is 1. The molecule has 104 valence electrons. The number of hydrogen-bond acceptors (Lipinski definition) is 2. The summed E-state index contributed by atoms with van der Waals surface area (Å²) in [6, 6.07) is 7.67. The molecule has 6 heteroatoms. The lowest BCUT2D eigenvalue weighted by molar-refractivity contribution is -0.138. The predicted octanol–water partition coefficient (Wildman–Crippen LogP) is 4.45. The lowest BCUT2D eigenvalue weighted by Gasteiger charge is -2.13. The molecular weight excluding hydrogens is 276 g/mol. The highest BCUT2D eigenvalue weighted by Gasteiger charge is 2.35. The highest BCUT2D eigenvalue weighted by Crippen LogP contribution is 2.38. The lowest BCUT2D eigenvalue weighted by atomic mass is 10.2. The Morgan fingerprint density at radius 1 is 1.00 bits per heavy atom. The third-order valence-corrected chi connectivity index (χ3v) is 2.49. The quantitative estimate of drug-likeness (QED) is 0.615. The number of ether oxygens (including phenoxy) is 1. The minimum atomic E-state index is -4.72. The van der Waals surface area contributed by atoms with E-state index in [0.29, 0.717) is 17.9 Å². The Labute approximate surface area is 111 Å². The Morgan fingerprint density at radius 2 is 1.65 bits per heavy atom. The fourth-order valence-electron chi connectivity index (χ4n) is 1.55. The van der Waals surface area contributed by atoms with E-state index in [1.54, 1.807) is 0 Å². The summed E-state index contributed by atoms with van der Waals surface area (Å²) in [6.07, 6.45) is -4.12. The lowest BCUT2D eigenvalue weighted by Crippen LogP contribution is -2.07. The van der Waals surface area contributed by atoms with E-state index in [9.17, 15) is 22.4 Å². The molecular formula is C14H8F4O2. The first kappa shape index (κ1) is 14.0. The van der Waals surface area contributed by atoms with Gasteiger partial charge in [0.2, 0.25) is 0 Å². The molecule has 2 rings (SSSR count). The van der Waals surface area contributed by atoms with Crippen molar-refractivity contribution in [3.63, 3.8) is 0 Å². The van der Waals surface area contributed by atoms with E-state index in [1.165, 1.54) is 24.3 Å². The first-order chi connectivity index (χ1) is 9.40. The average molecular weight is 284 g/mol. The zero-order valence-electron chi connectivity index (χ0n) is 9.95. The van der Waals surface area contributed by atoms with Crippen LogP contribution >= 0.6 is 0 Å². The molecule has 0 fully saturated rings. The van der Waals surface area contributed by atoms with Crippen LogP contribution in [-0.2, 0) is 6.18 Å². The van der Waals surface area contributed by atoms with Gasteiger partial charge in [0, 0.05) is 5.56 Å². The Hall–Kier alpha value is -2.37. The summed E-state index contributed by atoms with van der Waals surface area (Å²) in [5.41, 5.74) is -0.829. The van der Waals surface area contributed by atoms with Crippen molar-refractivity contribution >= 4 is 6.29 Å². The predicted molar refractivity (Wildman–Crippen MR) is 63.3 cm³/mol. The number of benzene rings is 2. The van der Waals surface area contributed by atoms with Gasteiger partial charge in [-0.05, 0) is 42.5 Å². The second kappa shape index (κ2) is 5.32. The molecule has 0 saturated carbocycles. The van der Waals surface area contributed by atoms with Gasteiger partial charge in [0.1, 0.15) is 29.2 Å². The van der Waals surface area contributed by atoms with E-state index in [1.807, 2.05) is 0 Å². The number of rotatable bonds is 3. The zero-order chi connectivity index (χ0) is 14.8. The van der Waals surface area contributed by atoms with Gasteiger partial charge in [0.15, 0.2) is 0 Å². The van der Waals surface area contributed by atoms with Crippen LogP contribution in [-0.4, -0.2) is 6.29 Å². The average Bonchev–Trinajstić information content (AvgIpc) is 2.40. The summed E-state index contributed by atoms with van der Waals surface area (Å²) in [5, 5.41) is 0. The van der Waals surface area contributed by atoms with Crippen molar-refractivity contribution in [3.05, 3.63) is 59.4 Å². The first-order valence-corrected chi connectivity index (χ1v) is 5.50. The van der Waals surface area contributed by atoms with Gasteiger partial charge in [-0.1, -0.05) is 0 Å². The van der Waals surface area contributed by atoms with Crippen molar-refractivity contribution in [2.45, 2.75) is 6.18 Å². The van der Waals surface area contributed by atoms with E-state index in [2.05, 4.69) is 0 Å². The van der Waals surface area contributed by atoms with E-state index >= 15 is 0 Å². The number of carbonyl (C=O) groups excluding carboxylic acids is 1. The molecule has 0 aliphatic rings. The van der Waals surface area contributed by atoms with Gasteiger partial charge in [0.25, 0.3) is 0 Å². The maximum absolute atomic E-state index is 12.9. The molecule has 0 bridgehead atoms. The molecule has 0 radical (unpaired) electrons. The Bertz CT molecular complexity index is 618. The van der Waals surface area contributed by atoms with Crippen LogP contribution in [0.25, 0.3) is 0 Å². The van der Waals surface area contributed by atoms with Crippen LogP contribution in [0.1, 0.15) is 15.9 Å². The molecule has 0 aliphatic heterocycles. The maximum Gasteiger partial charge on any atom is 0.420 e. The second-order valence-corrected chi connectivity index (χ2v) is 3.93. The molecule has 0 saturated heterocycles. The van der Waals surface area contributed by atoms with Gasteiger partial charge >= 0.3 is 6.18 Å². The van der Waals surface area contributed by atoms with Crippen LogP contribution in [0.5, 0.6) is 11.5 Å². The minimum absolute atomic E-state index is 0.118. The van der Waals surface area contributed by atoms with Crippen molar-refractivity contribution in [1.29, 1.82) is 0 Å². The van der Waals surface area contributed by atoms with Crippen LogP contribution in [0.15, 0.2) is 42.5 Å². The fourth-order valence-corrected chi connectivity index (χ4v) is 1.55. The molecule has 0 spiro atoms. The monoisotopic (exact) mass is 284 g/mol. The third-order valence-electron chi connectivity index (χ3n) is 2.49.